The van der Waals surface area contributed by atoms with Gasteiger partial charge in [0, 0.05) is 30.3 Å². The molecule has 2 rings (SSSR count). The summed E-state index contributed by atoms with van der Waals surface area (Å²) in [5, 5.41) is 8.38. The molecule has 0 aliphatic carbocycles. The Morgan fingerprint density at radius 1 is 1.41 bits per heavy atom. The highest BCUT2D eigenvalue weighted by molar-refractivity contribution is 5.83. The summed E-state index contributed by atoms with van der Waals surface area (Å²) >= 11 is 0. The number of aromatic nitrogens is 1. The smallest absolute Gasteiger partial charge is 0.475 e. The molecule has 5 nitrogen and oxygen atoms in total. The summed E-state index contributed by atoms with van der Waals surface area (Å²) in [5.41, 5.74) is 8.35. The van der Waals surface area contributed by atoms with E-state index in [1.165, 1.54) is 10.9 Å². The number of methoxy groups -OCH3 is 1. The molecule has 0 unspecified atom stereocenters. The molecular formula is C14H17F3N2O3. The van der Waals surface area contributed by atoms with Gasteiger partial charge in [0.15, 0.2) is 0 Å². The van der Waals surface area contributed by atoms with E-state index in [4.69, 9.17) is 20.4 Å². The number of hydrogen-bond donors (Lipinski definition) is 3. The summed E-state index contributed by atoms with van der Waals surface area (Å²) in [6.45, 7) is 0.597. The minimum Gasteiger partial charge on any atom is -0.475 e. The molecule has 4 N–H and O–H groups in total. The van der Waals surface area contributed by atoms with Crippen LogP contribution in [0.2, 0.25) is 0 Å². The van der Waals surface area contributed by atoms with Gasteiger partial charge in [-0.05, 0) is 18.1 Å². The number of aromatic amines is 1. The summed E-state index contributed by atoms with van der Waals surface area (Å²) in [7, 11) is 1.68. The third-order valence-electron chi connectivity index (χ3n) is 2.78. The second-order valence-corrected chi connectivity index (χ2v) is 4.58. The van der Waals surface area contributed by atoms with Crippen LogP contribution in [0.4, 0.5) is 13.2 Å². The first-order valence-electron chi connectivity index (χ1n) is 6.35. The molecule has 0 radical (unpaired) electrons. The molecule has 2 aromatic rings. The summed E-state index contributed by atoms with van der Waals surface area (Å²) < 4.78 is 36.8. The molecule has 122 valence electrons. The summed E-state index contributed by atoms with van der Waals surface area (Å²) in [4.78, 5) is 12.1. The number of carbonyl (C=O) groups is 1. The molecule has 22 heavy (non-hydrogen) atoms. The predicted octanol–water partition coefficient (Wildman–Crippen LogP) is 2.32. The Morgan fingerprint density at radius 2 is 2.00 bits per heavy atom. The van der Waals surface area contributed by atoms with E-state index < -0.39 is 12.1 Å². The Bertz CT molecular complexity index is 611. The molecule has 1 aromatic heterocycles. The van der Waals surface area contributed by atoms with E-state index in [0.717, 1.165) is 11.9 Å². The number of para-hydroxylation sites is 1. The predicted molar refractivity (Wildman–Crippen MR) is 75.5 cm³/mol. The van der Waals surface area contributed by atoms with Crippen molar-refractivity contribution in [3.05, 3.63) is 36.0 Å². The standard InChI is InChI=1S/C12H16N2O.C2HF3O2/c1-15-8-10(13)6-9-7-14-12-5-3-2-4-11(9)12;3-2(4,5)1(6)7/h2-5,7,10,14H,6,8,13H2,1H3;(H,6,7)/t10-;/m1./s1. The lowest BCUT2D eigenvalue weighted by atomic mass is 10.1. The highest BCUT2D eigenvalue weighted by atomic mass is 19.4. The molecule has 0 spiro atoms. The molecule has 0 aliphatic heterocycles. The monoisotopic (exact) mass is 318 g/mol. The fourth-order valence-corrected chi connectivity index (χ4v) is 1.86. The number of alkyl halides is 3. The molecule has 0 saturated heterocycles. The number of rotatable bonds is 4. The van der Waals surface area contributed by atoms with Crippen molar-refractivity contribution in [2.75, 3.05) is 13.7 Å². The molecule has 1 aromatic carbocycles. The van der Waals surface area contributed by atoms with Crippen LogP contribution < -0.4 is 5.73 Å². The number of nitrogens with one attached hydrogen (secondary N) is 1. The van der Waals surface area contributed by atoms with Gasteiger partial charge in [0.1, 0.15) is 0 Å². The van der Waals surface area contributed by atoms with Crippen LogP contribution in [0.5, 0.6) is 0 Å². The van der Waals surface area contributed by atoms with Crippen LogP contribution in [-0.4, -0.2) is 42.0 Å². The van der Waals surface area contributed by atoms with Crippen molar-refractivity contribution in [3.63, 3.8) is 0 Å². The van der Waals surface area contributed by atoms with Crippen LogP contribution in [0.1, 0.15) is 5.56 Å². The first-order chi connectivity index (χ1) is 10.3. The number of benzene rings is 1. The Kier molecular flexibility index (Phi) is 6.39. The van der Waals surface area contributed by atoms with Crippen molar-refractivity contribution < 1.29 is 27.8 Å². The van der Waals surface area contributed by atoms with Crippen LogP contribution in [-0.2, 0) is 16.0 Å². The maximum atomic E-state index is 10.6. The van der Waals surface area contributed by atoms with Gasteiger partial charge >= 0.3 is 12.1 Å². The van der Waals surface area contributed by atoms with Gasteiger partial charge in [-0.2, -0.15) is 13.2 Å². The number of aliphatic carboxylic acids is 1. The Hall–Kier alpha value is -2.06. The van der Waals surface area contributed by atoms with Gasteiger partial charge in [0.05, 0.1) is 6.61 Å². The molecular weight excluding hydrogens is 301 g/mol. The number of fused-ring (bicyclic) bond motifs is 1. The molecule has 0 fully saturated rings. The summed E-state index contributed by atoms with van der Waals surface area (Å²) in [6, 6.07) is 8.31. The topological polar surface area (TPSA) is 88.3 Å². The van der Waals surface area contributed by atoms with Gasteiger partial charge in [-0.25, -0.2) is 4.79 Å². The molecule has 0 bridgehead atoms. The lowest BCUT2D eigenvalue weighted by Crippen LogP contribution is -2.27. The Balaban J connectivity index is 0.000000295. The van der Waals surface area contributed by atoms with Crippen LogP contribution in [0.15, 0.2) is 30.5 Å². The zero-order valence-corrected chi connectivity index (χ0v) is 11.9. The maximum absolute atomic E-state index is 10.6. The largest absolute Gasteiger partial charge is 0.490 e. The van der Waals surface area contributed by atoms with Crippen LogP contribution in [0.3, 0.4) is 0 Å². The van der Waals surface area contributed by atoms with E-state index in [1.54, 1.807) is 7.11 Å². The second kappa shape index (κ2) is 7.81. The molecule has 1 atom stereocenters. The fraction of sp³-hybridized carbons (Fsp3) is 0.357. The molecule has 1 heterocycles. The third-order valence-corrected chi connectivity index (χ3v) is 2.78. The van der Waals surface area contributed by atoms with Gasteiger partial charge in [0.2, 0.25) is 0 Å². The fourth-order valence-electron chi connectivity index (χ4n) is 1.86. The number of nitrogens with two attached hydrogens (primary N) is 1. The van der Waals surface area contributed by atoms with E-state index in [-0.39, 0.29) is 6.04 Å². The van der Waals surface area contributed by atoms with Gasteiger partial charge in [-0.3, -0.25) is 0 Å². The Labute approximate surface area is 124 Å². The first kappa shape index (κ1) is 18.0. The highest BCUT2D eigenvalue weighted by Crippen LogP contribution is 2.18. The number of halogens is 3. The van der Waals surface area contributed by atoms with Gasteiger partial charge < -0.3 is 20.6 Å². The summed E-state index contributed by atoms with van der Waals surface area (Å²) in [5.74, 6) is -2.76. The number of H-pyrrole nitrogens is 1. The number of ether oxygens (including phenoxy) is 1. The zero-order chi connectivity index (χ0) is 16.8. The van der Waals surface area contributed by atoms with Gasteiger partial charge in [-0.15, -0.1) is 0 Å². The van der Waals surface area contributed by atoms with E-state index in [9.17, 15) is 13.2 Å². The highest BCUT2D eigenvalue weighted by Gasteiger charge is 2.38. The van der Waals surface area contributed by atoms with Gasteiger partial charge in [0.25, 0.3) is 0 Å². The lowest BCUT2D eigenvalue weighted by Gasteiger charge is -2.08. The average Bonchev–Trinajstić information content (AvgIpc) is 2.82. The minimum atomic E-state index is -5.08. The lowest BCUT2D eigenvalue weighted by molar-refractivity contribution is -0.192. The van der Waals surface area contributed by atoms with Crippen LogP contribution >= 0.6 is 0 Å². The van der Waals surface area contributed by atoms with Crippen molar-refractivity contribution >= 4 is 16.9 Å². The zero-order valence-electron chi connectivity index (χ0n) is 11.9. The van der Waals surface area contributed by atoms with Crippen molar-refractivity contribution in [1.29, 1.82) is 0 Å². The average molecular weight is 318 g/mol. The number of carboxylic acid groups (broad SMARTS) is 1. The normalized spacial score (nSPS) is 12.6. The Morgan fingerprint density at radius 3 is 2.55 bits per heavy atom. The van der Waals surface area contributed by atoms with Crippen LogP contribution in [0.25, 0.3) is 10.9 Å². The van der Waals surface area contributed by atoms with Crippen LogP contribution in [0, 0.1) is 0 Å². The van der Waals surface area contributed by atoms with Crippen molar-refractivity contribution in [2.45, 2.75) is 18.6 Å². The van der Waals surface area contributed by atoms with Crippen molar-refractivity contribution in [2.24, 2.45) is 5.73 Å². The second-order valence-electron chi connectivity index (χ2n) is 4.58. The maximum Gasteiger partial charge on any atom is 0.490 e. The quantitative estimate of drug-likeness (QED) is 0.807. The van der Waals surface area contributed by atoms with E-state index >= 15 is 0 Å². The summed E-state index contributed by atoms with van der Waals surface area (Å²) in [6.07, 6.45) is -2.21. The van der Waals surface area contributed by atoms with E-state index in [1.807, 2.05) is 18.3 Å². The first-order valence-corrected chi connectivity index (χ1v) is 6.35. The van der Waals surface area contributed by atoms with Gasteiger partial charge in [-0.1, -0.05) is 18.2 Å². The molecule has 0 aliphatic rings. The van der Waals surface area contributed by atoms with Crippen molar-refractivity contribution in [1.82, 2.24) is 4.98 Å². The number of hydrogen-bond acceptors (Lipinski definition) is 3. The number of carboxylic acids is 1. The molecule has 0 amide bonds. The van der Waals surface area contributed by atoms with E-state index in [2.05, 4.69) is 17.1 Å². The third kappa shape index (κ3) is 5.38. The molecule has 8 heteroatoms. The van der Waals surface area contributed by atoms with Crippen molar-refractivity contribution in [3.8, 4) is 0 Å². The van der Waals surface area contributed by atoms with E-state index in [0.29, 0.717) is 6.61 Å². The minimum absolute atomic E-state index is 0.0641. The SMILES string of the molecule is COC[C@H](N)Cc1c[nH]c2ccccc12.O=C(O)C(F)(F)F. The molecule has 0 saturated carbocycles.